The minimum atomic E-state index is -0.664. The Hall–Kier alpha value is -1.31. The van der Waals surface area contributed by atoms with Gasteiger partial charge >= 0.3 is 12.1 Å². The van der Waals surface area contributed by atoms with E-state index in [4.69, 9.17) is 0 Å². The van der Waals surface area contributed by atoms with Crippen LogP contribution in [0.25, 0.3) is 0 Å². The van der Waals surface area contributed by atoms with Crippen LogP contribution in [0.4, 0.5) is 4.79 Å². The maximum atomic E-state index is 11.6. The average Bonchev–Trinajstić information content (AvgIpc) is 2.86. The van der Waals surface area contributed by atoms with E-state index in [1.165, 1.54) is 31.1 Å². The van der Waals surface area contributed by atoms with Crippen molar-refractivity contribution in [3.8, 4) is 0 Å². The third kappa shape index (κ3) is 1.62. The number of hydrogen-bond donors (Lipinski definition) is 0. The highest BCUT2D eigenvalue weighted by atomic mass is 32.2. The molecule has 0 radical (unpaired) electrons. The number of likely N-dealkylation sites (tertiary alicyclic amines) is 1. The van der Waals surface area contributed by atoms with Crippen LogP contribution in [0.1, 0.15) is 0 Å². The highest BCUT2D eigenvalue weighted by Gasteiger charge is 2.52. The van der Waals surface area contributed by atoms with Crippen molar-refractivity contribution in [2.45, 2.75) is 17.3 Å². The summed E-state index contributed by atoms with van der Waals surface area (Å²) < 4.78 is 13.1. The first-order valence-corrected chi connectivity index (χ1v) is 5.51. The Labute approximate surface area is 96.3 Å². The molecule has 0 N–H and O–H groups in total. The van der Waals surface area contributed by atoms with Crippen molar-refractivity contribution in [3.05, 3.63) is 0 Å². The maximum Gasteiger partial charge on any atom is 0.410 e. The van der Waals surface area contributed by atoms with E-state index in [1.807, 2.05) is 0 Å². The van der Waals surface area contributed by atoms with Crippen LogP contribution < -0.4 is 0 Å². The predicted molar refractivity (Wildman–Crippen MR) is 54.9 cm³/mol. The molecular formula is C8H11N3O4S. The molecule has 0 saturated carbocycles. The van der Waals surface area contributed by atoms with Crippen molar-refractivity contribution in [2.24, 2.45) is 9.63 Å². The Kier molecular flexibility index (Phi) is 2.99. The first-order valence-electron chi connectivity index (χ1n) is 4.67. The first-order chi connectivity index (χ1) is 7.69. The molecule has 2 heterocycles. The second-order valence-corrected chi connectivity index (χ2v) is 4.34. The fraction of sp³-hybridized carbons (Fsp3) is 0.750. The third-order valence-electron chi connectivity index (χ3n) is 2.63. The molecule has 2 aliphatic heterocycles. The van der Waals surface area contributed by atoms with Crippen LogP contribution in [0.2, 0.25) is 0 Å². The number of carbonyl (C=O) groups excluding carboxylic acids is 2. The van der Waals surface area contributed by atoms with E-state index in [0.29, 0.717) is 6.54 Å². The Bertz CT molecular complexity index is 348. The van der Waals surface area contributed by atoms with Gasteiger partial charge in [-0.2, -0.15) is 5.11 Å². The van der Waals surface area contributed by atoms with Gasteiger partial charge in [-0.15, -0.1) is 4.52 Å². The predicted octanol–water partition coefficient (Wildman–Crippen LogP) is 0.461. The number of amides is 1. The summed E-state index contributed by atoms with van der Waals surface area (Å²) in [7, 11) is 2.57. The highest BCUT2D eigenvalue weighted by Crippen LogP contribution is 2.38. The Morgan fingerprint density at radius 2 is 2.12 bits per heavy atom. The van der Waals surface area contributed by atoms with Gasteiger partial charge in [0, 0.05) is 11.9 Å². The number of rotatable bonds is 1. The van der Waals surface area contributed by atoms with Crippen molar-refractivity contribution in [1.29, 1.82) is 0 Å². The van der Waals surface area contributed by atoms with Crippen molar-refractivity contribution >= 4 is 24.0 Å². The fourth-order valence-electron chi connectivity index (χ4n) is 1.87. The molecule has 3 unspecified atom stereocenters. The van der Waals surface area contributed by atoms with Gasteiger partial charge in [-0.25, -0.2) is 9.59 Å². The summed E-state index contributed by atoms with van der Waals surface area (Å²) >= 11 is 1.20. The summed E-state index contributed by atoms with van der Waals surface area (Å²) in [6, 6.07) is -0.810. The van der Waals surface area contributed by atoms with E-state index in [9.17, 15) is 9.59 Å². The van der Waals surface area contributed by atoms with E-state index >= 15 is 0 Å². The maximum absolute atomic E-state index is 11.6. The minimum absolute atomic E-state index is 0.145. The molecule has 7 nitrogen and oxygen atoms in total. The van der Waals surface area contributed by atoms with Crippen LogP contribution in [0.3, 0.4) is 0 Å². The van der Waals surface area contributed by atoms with Gasteiger partial charge in [0.05, 0.1) is 26.0 Å². The van der Waals surface area contributed by atoms with E-state index in [1.54, 1.807) is 0 Å². The van der Waals surface area contributed by atoms with Crippen LogP contribution in [-0.2, 0) is 14.3 Å². The second-order valence-electron chi connectivity index (χ2n) is 3.42. The lowest BCUT2D eigenvalue weighted by Crippen LogP contribution is -2.44. The molecule has 1 fully saturated rings. The number of ether oxygens (including phenoxy) is 2. The standard InChI is InChI=1S/C8H11N3O4S/c1-14-7(12)5-6-4(9-10-16-6)3-11(5)8(13)15-2/h4-6H,3H2,1-2H3. The van der Waals surface area contributed by atoms with E-state index in [0.717, 1.165) is 0 Å². The first kappa shape index (κ1) is 11.2. The monoisotopic (exact) mass is 245 g/mol. The SMILES string of the molecule is COC(=O)C1C2SN=NC2CN1C(=O)OC. The molecule has 0 aromatic rings. The molecule has 3 atom stereocenters. The molecule has 0 aromatic carbocycles. The summed E-state index contributed by atoms with van der Waals surface area (Å²) in [6.45, 7) is 0.341. The van der Waals surface area contributed by atoms with Crippen LogP contribution in [-0.4, -0.2) is 55.1 Å². The lowest BCUT2D eigenvalue weighted by Gasteiger charge is -2.22. The van der Waals surface area contributed by atoms with Crippen LogP contribution in [0.5, 0.6) is 0 Å². The van der Waals surface area contributed by atoms with Gasteiger partial charge in [0.15, 0.2) is 0 Å². The Morgan fingerprint density at radius 3 is 2.75 bits per heavy atom. The molecule has 0 spiro atoms. The minimum Gasteiger partial charge on any atom is -0.467 e. The number of esters is 1. The molecule has 0 aromatic heterocycles. The van der Waals surface area contributed by atoms with Crippen molar-refractivity contribution in [1.82, 2.24) is 4.90 Å². The van der Waals surface area contributed by atoms with Gasteiger partial charge in [-0.1, -0.05) is 0 Å². The largest absolute Gasteiger partial charge is 0.467 e. The number of fused-ring (bicyclic) bond motifs is 1. The van der Waals surface area contributed by atoms with Crippen LogP contribution >= 0.6 is 11.9 Å². The zero-order valence-electron chi connectivity index (χ0n) is 8.82. The van der Waals surface area contributed by atoms with Gasteiger partial charge in [-0.3, -0.25) is 4.90 Å². The summed E-state index contributed by atoms with van der Waals surface area (Å²) in [5, 5.41) is 3.80. The molecule has 16 heavy (non-hydrogen) atoms. The smallest absolute Gasteiger partial charge is 0.410 e. The van der Waals surface area contributed by atoms with E-state index < -0.39 is 18.1 Å². The van der Waals surface area contributed by atoms with Gasteiger partial charge in [0.2, 0.25) is 0 Å². The topological polar surface area (TPSA) is 80.6 Å². The van der Waals surface area contributed by atoms with E-state index in [2.05, 4.69) is 19.1 Å². The normalized spacial score (nSPS) is 31.4. The molecule has 1 saturated heterocycles. The molecular weight excluding hydrogens is 234 g/mol. The second kappa shape index (κ2) is 4.28. The molecule has 8 heteroatoms. The number of nitrogens with zero attached hydrogens (tertiary/aromatic N) is 3. The Morgan fingerprint density at radius 1 is 1.38 bits per heavy atom. The zero-order chi connectivity index (χ0) is 11.7. The van der Waals surface area contributed by atoms with Crippen LogP contribution in [0.15, 0.2) is 9.63 Å². The summed E-state index contributed by atoms with van der Waals surface area (Å²) in [4.78, 5) is 24.4. The number of methoxy groups -OCH3 is 2. The quantitative estimate of drug-likeness (QED) is 0.495. The van der Waals surface area contributed by atoms with Gasteiger partial charge in [0.1, 0.15) is 12.1 Å². The average molecular weight is 245 g/mol. The lowest BCUT2D eigenvalue weighted by atomic mass is 10.2. The zero-order valence-corrected chi connectivity index (χ0v) is 9.64. The summed E-state index contributed by atoms with van der Waals surface area (Å²) in [6.07, 6.45) is -0.541. The molecule has 2 rings (SSSR count). The molecule has 0 bridgehead atoms. The fourth-order valence-corrected chi connectivity index (χ4v) is 2.81. The summed E-state index contributed by atoms with van der Waals surface area (Å²) in [5.74, 6) is -0.460. The lowest BCUT2D eigenvalue weighted by molar-refractivity contribution is -0.145. The summed E-state index contributed by atoms with van der Waals surface area (Å²) in [5.41, 5.74) is 0. The molecule has 88 valence electrons. The van der Waals surface area contributed by atoms with Gasteiger partial charge < -0.3 is 9.47 Å². The van der Waals surface area contributed by atoms with Crippen molar-refractivity contribution in [2.75, 3.05) is 20.8 Å². The Balaban J connectivity index is 2.21. The third-order valence-corrected chi connectivity index (χ3v) is 3.63. The molecule has 1 amide bonds. The van der Waals surface area contributed by atoms with Crippen LogP contribution in [0, 0.1) is 0 Å². The highest BCUT2D eigenvalue weighted by molar-refractivity contribution is 7.98. The number of hydrogen-bond acceptors (Lipinski definition) is 7. The molecule has 2 aliphatic rings. The van der Waals surface area contributed by atoms with Crippen molar-refractivity contribution in [3.63, 3.8) is 0 Å². The number of carbonyl (C=O) groups is 2. The van der Waals surface area contributed by atoms with Crippen molar-refractivity contribution < 1.29 is 19.1 Å². The molecule has 0 aliphatic carbocycles. The van der Waals surface area contributed by atoms with E-state index in [-0.39, 0.29) is 11.3 Å². The van der Waals surface area contributed by atoms with Gasteiger partial charge in [-0.05, 0) is 0 Å². The van der Waals surface area contributed by atoms with Gasteiger partial charge in [0.25, 0.3) is 0 Å².